The topological polar surface area (TPSA) is 66.2 Å². The largest absolute Gasteiger partial charge is 0.467 e. The van der Waals surface area contributed by atoms with Crippen LogP contribution in [0.3, 0.4) is 0 Å². The number of hydrogen-bond donors (Lipinski definition) is 0. The van der Waals surface area contributed by atoms with E-state index in [-0.39, 0.29) is 24.3 Å². The van der Waals surface area contributed by atoms with Crippen LogP contribution in [-0.4, -0.2) is 79.0 Å². The molecule has 1 aliphatic carbocycles. The summed E-state index contributed by atoms with van der Waals surface area (Å²) in [6, 6.07) is 13.9. The number of carbonyl (C=O) groups excluding carboxylic acids is 2. The van der Waals surface area contributed by atoms with Crippen LogP contribution in [0, 0.1) is 5.92 Å². The van der Waals surface area contributed by atoms with Crippen LogP contribution in [0.5, 0.6) is 0 Å². The molecular weight excluding hydrogens is 418 g/mol. The minimum absolute atomic E-state index is 0.0306. The standard InChI is InChI=1S/C26H35N3O4/c30-25(28(20-24-10-5-17-33-24)12-11-22-6-2-1-3-7-22)21-29(26(31)23-8-4-9-23)14-13-27-15-18-32-19-16-27/h1-3,5-7,10,17,23H,4,8-9,11-16,18-21H2. The van der Waals surface area contributed by atoms with Gasteiger partial charge in [0.25, 0.3) is 0 Å². The van der Waals surface area contributed by atoms with E-state index in [4.69, 9.17) is 9.15 Å². The average molecular weight is 454 g/mol. The Balaban J connectivity index is 1.40. The summed E-state index contributed by atoms with van der Waals surface area (Å²) < 4.78 is 11.0. The molecule has 2 amide bonds. The maximum Gasteiger partial charge on any atom is 0.242 e. The third-order valence-corrected chi connectivity index (χ3v) is 6.67. The number of nitrogens with zero attached hydrogens (tertiary/aromatic N) is 3. The Morgan fingerprint density at radius 2 is 1.76 bits per heavy atom. The molecule has 0 spiro atoms. The van der Waals surface area contributed by atoms with Gasteiger partial charge in [0, 0.05) is 38.6 Å². The molecule has 33 heavy (non-hydrogen) atoms. The maximum atomic E-state index is 13.4. The van der Waals surface area contributed by atoms with Crippen molar-refractivity contribution in [3.63, 3.8) is 0 Å². The fraction of sp³-hybridized carbons (Fsp3) is 0.538. The van der Waals surface area contributed by atoms with Crippen molar-refractivity contribution in [2.24, 2.45) is 5.92 Å². The molecular formula is C26H35N3O4. The molecule has 2 fully saturated rings. The minimum atomic E-state index is -0.0306. The fourth-order valence-corrected chi connectivity index (χ4v) is 4.32. The van der Waals surface area contributed by atoms with Crippen molar-refractivity contribution in [1.82, 2.24) is 14.7 Å². The van der Waals surface area contributed by atoms with E-state index in [0.29, 0.717) is 19.6 Å². The third-order valence-electron chi connectivity index (χ3n) is 6.67. The number of hydrogen-bond acceptors (Lipinski definition) is 5. The summed E-state index contributed by atoms with van der Waals surface area (Å²) in [5.41, 5.74) is 1.18. The van der Waals surface area contributed by atoms with Crippen molar-refractivity contribution in [1.29, 1.82) is 0 Å². The number of furan rings is 1. The van der Waals surface area contributed by atoms with Crippen LogP contribution in [-0.2, 0) is 27.3 Å². The van der Waals surface area contributed by atoms with E-state index in [1.807, 2.05) is 35.2 Å². The second-order valence-corrected chi connectivity index (χ2v) is 8.97. The molecule has 2 aliphatic rings. The van der Waals surface area contributed by atoms with E-state index in [2.05, 4.69) is 17.0 Å². The second kappa shape index (κ2) is 12.0. The number of morpholine rings is 1. The van der Waals surface area contributed by atoms with Crippen LogP contribution in [0.1, 0.15) is 30.6 Å². The number of ether oxygens (including phenoxy) is 1. The average Bonchev–Trinajstić information content (AvgIpc) is 3.32. The van der Waals surface area contributed by atoms with Gasteiger partial charge in [-0.1, -0.05) is 36.8 Å². The van der Waals surface area contributed by atoms with Gasteiger partial charge in [0.1, 0.15) is 5.76 Å². The maximum absolute atomic E-state index is 13.4. The Morgan fingerprint density at radius 3 is 2.42 bits per heavy atom. The van der Waals surface area contributed by atoms with Gasteiger partial charge in [0.2, 0.25) is 11.8 Å². The normalized spacial score (nSPS) is 16.8. The first-order chi connectivity index (χ1) is 16.2. The van der Waals surface area contributed by atoms with Crippen LogP contribution < -0.4 is 0 Å². The molecule has 178 valence electrons. The molecule has 1 saturated heterocycles. The summed E-state index contributed by atoms with van der Waals surface area (Å²) in [5.74, 6) is 0.924. The summed E-state index contributed by atoms with van der Waals surface area (Å²) in [6.07, 6.45) is 5.36. The van der Waals surface area contributed by atoms with E-state index in [9.17, 15) is 9.59 Å². The van der Waals surface area contributed by atoms with Crippen LogP contribution >= 0.6 is 0 Å². The van der Waals surface area contributed by atoms with Crippen molar-refractivity contribution in [3.05, 3.63) is 60.1 Å². The number of amides is 2. The van der Waals surface area contributed by atoms with Gasteiger partial charge in [0.15, 0.2) is 0 Å². The van der Waals surface area contributed by atoms with Crippen molar-refractivity contribution in [3.8, 4) is 0 Å². The summed E-state index contributed by atoms with van der Waals surface area (Å²) >= 11 is 0. The molecule has 2 heterocycles. The predicted molar refractivity (Wildman–Crippen MR) is 125 cm³/mol. The highest BCUT2D eigenvalue weighted by Gasteiger charge is 2.31. The fourth-order valence-electron chi connectivity index (χ4n) is 4.32. The highest BCUT2D eigenvalue weighted by molar-refractivity contribution is 5.86. The molecule has 1 aromatic heterocycles. The minimum Gasteiger partial charge on any atom is -0.467 e. The van der Waals surface area contributed by atoms with Gasteiger partial charge in [-0.15, -0.1) is 0 Å². The van der Waals surface area contributed by atoms with Gasteiger partial charge in [-0.25, -0.2) is 0 Å². The zero-order valence-corrected chi connectivity index (χ0v) is 19.4. The smallest absolute Gasteiger partial charge is 0.242 e. The molecule has 1 aliphatic heterocycles. The SMILES string of the molecule is O=C(CN(CCN1CCOCC1)C(=O)C1CCC1)N(CCc1ccccc1)Cc1ccco1. The van der Waals surface area contributed by atoms with E-state index < -0.39 is 0 Å². The molecule has 0 unspecified atom stereocenters. The molecule has 7 nitrogen and oxygen atoms in total. The molecule has 1 aromatic carbocycles. The second-order valence-electron chi connectivity index (χ2n) is 8.97. The molecule has 0 bridgehead atoms. The van der Waals surface area contributed by atoms with E-state index >= 15 is 0 Å². The van der Waals surface area contributed by atoms with Crippen LogP contribution in [0.15, 0.2) is 53.1 Å². The Hall–Kier alpha value is -2.64. The van der Waals surface area contributed by atoms with Gasteiger partial charge >= 0.3 is 0 Å². The predicted octanol–water partition coefficient (Wildman–Crippen LogP) is 2.81. The van der Waals surface area contributed by atoms with Crippen molar-refractivity contribution >= 4 is 11.8 Å². The Morgan fingerprint density at radius 1 is 0.970 bits per heavy atom. The summed E-state index contributed by atoms with van der Waals surface area (Å²) in [4.78, 5) is 32.5. The zero-order chi connectivity index (χ0) is 22.9. The van der Waals surface area contributed by atoms with Crippen molar-refractivity contribution in [2.75, 3.05) is 52.5 Å². The van der Waals surface area contributed by atoms with E-state index in [0.717, 1.165) is 64.3 Å². The number of rotatable bonds is 11. The lowest BCUT2D eigenvalue weighted by molar-refractivity contribution is -0.145. The van der Waals surface area contributed by atoms with Gasteiger partial charge in [-0.3, -0.25) is 14.5 Å². The van der Waals surface area contributed by atoms with E-state index in [1.54, 1.807) is 11.2 Å². The monoisotopic (exact) mass is 453 g/mol. The highest BCUT2D eigenvalue weighted by Crippen LogP contribution is 2.28. The quantitative estimate of drug-likeness (QED) is 0.524. The Labute approximate surface area is 196 Å². The zero-order valence-electron chi connectivity index (χ0n) is 19.4. The summed E-state index contributed by atoms with van der Waals surface area (Å²) in [5, 5.41) is 0. The van der Waals surface area contributed by atoms with E-state index in [1.165, 1.54) is 5.56 Å². The molecule has 0 N–H and O–H groups in total. The number of benzene rings is 1. The van der Waals surface area contributed by atoms with Gasteiger partial charge in [0.05, 0.1) is 32.6 Å². The first-order valence-electron chi connectivity index (χ1n) is 12.1. The third kappa shape index (κ3) is 6.92. The molecule has 1 saturated carbocycles. The van der Waals surface area contributed by atoms with Crippen LogP contribution in [0.4, 0.5) is 0 Å². The summed E-state index contributed by atoms with van der Waals surface area (Å²) in [7, 11) is 0. The molecule has 4 rings (SSSR count). The van der Waals surface area contributed by atoms with Crippen molar-refractivity contribution < 1.29 is 18.7 Å². The molecule has 0 atom stereocenters. The lowest BCUT2D eigenvalue weighted by atomic mass is 9.84. The molecule has 0 radical (unpaired) electrons. The first kappa shape index (κ1) is 23.5. The van der Waals surface area contributed by atoms with Crippen molar-refractivity contribution in [2.45, 2.75) is 32.2 Å². The molecule has 7 heteroatoms. The lowest BCUT2D eigenvalue weighted by Crippen LogP contribution is -2.49. The van der Waals surface area contributed by atoms with Gasteiger partial charge in [-0.2, -0.15) is 0 Å². The highest BCUT2D eigenvalue weighted by atomic mass is 16.5. The summed E-state index contributed by atoms with van der Waals surface area (Å²) in [6.45, 7) is 5.67. The Bertz CT molecular complexity index is 861. The van der Waals surface area contributed by atoms with Gasteiger partial charge in [-0.05, 0) is 37.0 Å². The Kier molecular flexibility index (Phi) is 8.55. The van der Waals surface area contributed by atoms with Crippen LogP contribution in [0.2, 0.25) is 0 Å². The first-order valence-corrected chi connectivity index (χ1v) is 12.1. The van der Waals surface area contributed by atoms with Crippen LogP contribution in [0.25, 0.3) is 0 Å². The van der Waals surface area contributed by atoms with Gasteiger partial charge < -0.3 is 19.0 Å². The molecule has 2 aromatic rings. The number of carbonyl (C=O) groups is 2. The lowest BCUT2D eigenvalue weighted by Gasteiger charge is -2.35.